The summed E-state index contributed by atoms with van der Waals surface area (Å²) in [4.78, 5) is 17.2. The van der Waals surface area contributed by atoms with Crippen molar-refractivity contribution < 1.29 is 18.3 Å². The van der Waals surface area contributed by atoms with Crippen molar-refractivity contribution in [3.63, 3.8) is 0 Å². The summed E-state index contributed by atoms with van der Waals surface area (Å²) in [6.07, 6.45) is 0.0886. The fourth-order valence-electron chi connectivity index (χ4n) is 4.57. The fourth-order valence-corrected chi connectivity index (χ4v) is 4.57. The van der Waals surface area contributed by atoms with Crippen molar-refractivity contribution in [3.8, 4) is 17.1 Å². The third-order valence-electron chi connectivity index (χ3n) is 6.79. The molecule has 2 aromatic carbocycles. The lowest BCUT2D eigenvalue weighted by Crippen LogP contribution is -2.40. The summed E-state index contributed by atoms with van der Waals surface area (Å²) in [6.45, 7) is 5.87. The molecule has 1 unspecified atom stereocenters. The van der Waals surface area contributed by atoms with Gasteiger partial charge in [0.05, 0.1) is 12.2 Å². The first-order valence-electron chi connectivity index (χ1n) is 11.5. The number of nitrogens with zero attached hydrogens (tertiary/aromatic N) is 1. The predicted octanol–water partition coefficient (Wildman–Crippen LogP) is 4.33. The highest BCUT2D eigenvalue weighted by Gasteiger charge is 2.55. The number of carbonyl (C=O) groups is 1. The number of rotatable bonds is 8. The van der Waals surface area contributed by atoms with Crippen LogP contribution in [0.3, 0.4) is 0 Å². The van der Waals surface area contributed by atoms with Gasteiger partial charge in [-0.15, -0.1) is 0 Å². The summed E-state index contributed by atoms with van der Waals surface area (Å²) in [6, 6.07) is 16.1. The standard InChI is InChI=1S/C27H27F2N3O2/c1-27(2,31-15-24(33)16-6-4-3-5-7-16)17-10-23(19-9-8-18(28)12-22(19)29)32-25(11-17)34-26-20-13-30-14-21(20)26/h3-12,20-21,26,30-31H,13-15H2,1-2H3/t20-,21+,26?. The Kier molecular flexibility index (Phi) is 5.91. The van der Waals surface area contributed by atoms with Crippen LogP contribution < -0.4 is 15.4 Å². The molecular formula is C27H27F2N3O2. The molecule has 0 spiro atoms. The van der Waals surface area contributed by atoms with E-state index in [4.69, 9.17) is 4.74 Å². The van der Waals surface area contributed by atoms with Crippen LogP contribution in [0.5, 0.6) is 5.88 Å². The maximum absolute atomic E-state index is 14.6. The number of piperidine rings is 1. The van der Waals surface area contributed by atoms with Crippen molar-refractivity contribution in [2.45, 2.75) is 25.5 Å². The van der Waals surface area contributed by atoms with Gasteiger partial charge in [-0.25, -0.2) is 13.8 Å². The maximum atomic E-state index is 14.6. The van der Waals surface area contributed by atoms with E-state index in [0.717, 1.165) is 24.7 Å². The highest BCUT2D eigenvalue weighted by atomic mass is 19.1. The second-order valence-electron chi connectivity index (χ2n) is 9.54. The largest absolute Gasteiger partial charge is 0.474 e. The molecule has 176 valence electrons. The summed E-state index contributed by atoms with van der Waals surface area (Å²) in [7, 11) is 0. The first-order chi connectivity index (χ1) is 16.3. The van der Waals surface area contributed by atoms with Crippen LogP contribution in [0.2, 0.25) is 0 Å². The Bertz CT molecular complexity index is 1210. The number of ketones is 1. The van der Waals surface area contributed by atoms with E-state index >= 15 is 0 Å². The van der Waals surface area contributed by atoms with E-state index in [1.807, 2.05) is 38.1 Å². The van der Waals surface area contributed by atoms with Crippen molar-refractivity contribution in [3.05, 3.63) is 83.4 Å². The number of ether oxygens (including phenoxy) is 1. The molecular weight excluding hydrogens is 436 g/mol. The maximum Gasteiger partial charge on any atom is 0.214 e. The van der Waals surface area contributed by atoms with E-state index in [-0.39, 0.29) is 24.0 Å². The second kappa shape index (κ2) is 8.89. The van der Waals surface area contributed by atoms with Crippen molar-refractivity contribution in [1.29, 1.82) is 0 Å². The first kappa shape index (κ1) is 22.6. The molecule has 0 amide bonds. The van der Waals surface area contributed by atoms with Gasteiger partial charge < -0.3 is 15.4 Å². The summed E-state index contributed by atoms with van der Waals surface area (Å²) >= 11 is 0. The number of pyridine rings is 1. The van der Waals surface area contributed by atoms with Gasteiger partial charge in [-0.2, -0.15) is 0 Å². The van der Waals surface area contributed by atoms with E-state index in [9.17, 15) is 13.6 Å². The normalized spacial score (nSPS) is 21.2. The summed E-state index contributed by atoms with van der Waals surface area (Å²) < 4.78 is 34.3. The molecule has 2 heterocycles. The van der Waals surface area contributed by atoms with Gasteiger partial charge in [-0.05, 0) is 37.6 Å². The van der Waals surface area contributed by atoms with Crippen LogP contribution in [0.4, 0.5) is 8.78 Å². The number of carbonyl (C=O) groups excluding carboxylic acids is 1. The van der Waals surface area contributed by atoms with Crippen LogP contribution in [0.15, 0.2) is 60.7 Å². The van der Waals surface area contributed by atoms with Gasteiger partial charge in [0.1, 0.15) is 17.7 Å². The molecule has 2 N–H and O–H groups in total. The number of nitrogens with one attached hydrogen (secondary N) is 2. The lowest BCUT2D eigenvalue weighted by atomic mass is 9.93. The Hall–Kier alpha value is -3.16. The van der Waals surface area contributed by atoms with E-state index in [0.29, 0.717) is 29.0 Å². The zero-order valence-corrected chi connectivity index (χ0v) is 19.1. The highest BCUT2D eigenvalue weighted by molar-refractivity contribution is 5.97. The molecule has 1 saturated heterocycles. The zero-order valence-electron chi connectivity index (χ0n) is 19.1. The Morgan fingerprint density at radius 2 is 1.82 bits per heavy atom. The molecule has 5 nitrogen and oxygen atoms in total. The van der Waals surface area contributed by atoms with E-state index in [1.165, 1.54) is 12.1 Å². The lowest BCUT2D eigenvalue weighted by Gasteiger charge is -2.28. The van der Waals surface area contributed by atoms with Gasteiger partial charge in [0.15, 0.2) is 5.78 Å². The van der Waals surface area contributed by atoms with Gasteiger partial charge >= 0.3 is 0 Å². The Labute approximate surface area is 197 Å². The summed E-state index contributed by atoms with van der Waals surface area (Å²) in [5.41, 5.74) is 1.34. The lowest BCUT2D eigenvalue weighted by molar-refractivity contribution is 0.0980. The Morgan fingerprint density at radius 3 is 2.53 bits per heavy atom. The smallest absolute Gasteiger partial charge is 0.214 e. The minimum absolute atomic E-state index is 0.0256. The second-order valence-corrected chi connectivity index (χ2v) is 9.54. The van der Waals surface area contributed by atoms with E-state index in [1.54, 1.807) is 18.2 Å². The average molecular weight is 464 g/mol. The monoisotopic (exact) mass is 463 g/mol. The third kappa shape index (κ3) is 4.58. The van der Waals surface area contributed by atoms with Gasteiger partial charge in [0.25, 0.3) is 0 Å². The summed E-state index contributed by atoms with van der Waals surface area (Å²) in [5.74, 6) is -0.0268. The molecule has 7 heteroatoms. The van der Waals surface area contributed by atoms with E-state index < -0.39 is 17.2 Å². The van der Waals surface area contributed by atoms with Crippen LogP contribution in [-0.4, -0.2) is 36.5 Å². The Balaban J connectivity index is 1.43. The number of Topliss-reactive ketones (excluding diaryl/α,β-unsaturated/α-hetero) is 1. The van der Waals surface area contributed by atoms with Gasteiger partial charge in [-0.1, -0.05) is 30.3 Å². The fraction of sp³-hybridized carbons (Fsp3) is 0.333. The molecule has 2 fully saturated rings. The molecule has 34 heavy (non-hydrogen) atoms. The SMILES string of the molecule is CC(C)(NCC(=O)c1ccccc1)c1cc(OC2[C@H]3CNC[C@@H]23)nc(-c2ccc(F)cc2F)c1. The molecule has 1 aliphatic heterocycles. The average Bonchev–Trinajstić information content (AvgIpc) is 3.23. The van der Waals surface area contributed by atoms with Crippen molar-refractivity contribution in [2.75, 3.05) is 19.6 Å². The van der Waals surface area contributed by atoms with Crippen LogP contribution >= 0.6 is 0 Å². The molecule has 5 rings (SSSR count). The van der Waals surface area contributed by atoms with Crippen molar-refractivity contribution in [1.82, 2.24) is 15.6 Å². The molecule has 1 aliphatic carbocycles. The first-order valence-corrected chi connectivity index (χ1v) is 11.5. The minimum Gasteiger partial charge on any atom is -0.474 e. The quantitative estimate of drug-likeness (QED) is 0.487. The predicted molar refractivity (Wildman–Crippen MR) is 126 cm³/mol. The number of aromatic nitrogens is 1. The van der Waals surface area contributed by atoms with Crippen molar-refractivity contribution >= 4 is 5.78 Å². The number of halogens is 2. The van der Waals surface area contributed by atoms with E-state index in [2.05, 4.69) is 15.6 Å². The minimum atomic E-state index is -0.687. The van der Waals surface area contributed by atoms with Crippen LogP contribution in [0.25, 0.3) is 11.3 Å². The van der Waals surface area contributed by atoms with Gasteiger partial charge in [0.2, 0.25) is 5.88 Å². The molecule has 3 atom stereocenters. The van der Waals surface area contributed by atoms with Crippen LogP contribution in [0, 0.1) is 23.5 Å². The molecule has 2 aliphatic rings. The number of benzene rings is 2. The third-order valence-corrected chi connectivity index (χ3v) is 6.79. The van der Waals surface area contributed by atoms with Crippen LogP contribution in [-0.2, 0) is 5.54 Å². The number of hydrogen-bond donors (Lipinski definition) is 2. The molecule has 0 bridgehead atoms. The molecule has 1 aromatic heterocycles. The molecule has 0 radical (unpaired) electrons. The van der Waals surface area contributed by atoms with Crippen molar-refractivity contribution in [2.24, 2.45) is 11.8 Å². The highest BCUT2D eigenvalue weighted by Crippen LogP contribution is 2.44. The van der Waals surface area contributed by atoms with Gasteiger partial charge in [0, 0.05) is 53.7 Å². The number of hydrogen-bond acceptors (Lipinski definition) is 5. The topological polar surface area (TPSA) is 63.2 Å². The Morgan fingerprint density at radius 1 is 1.09 bits per heavy atom. The zero-order chi connectivity index (χ0) is 23.9. The number of fused-ring (bicyclic) bond motifs is 1. The molecule has 1 saturated carbocycles. The summed E-state index contributed by atoms with van der Waals surface area (Å²) in [5, 5.41) is 6.65. The molecule has 3 aromatic rings. The van der Waals surface area contributed by atoms with Gasteiger partial charge in [-0.3, -0.25) is 4.79 Å². The van der Waals surface area contributed by atoms with Crippen LogP contribution in [0.1, 0.15) is 29.8 Å².